The van der Waals surface area contributed by atoms with E-state index in [0.717, 1.165) is 19.3 Å². The van der Waals surface area contributed by atoms with Gasteiger partial charge in [-0.25, -0.2) is 4.79 Å². The zero-order valence-electron chi connectivity index (χ0n) is 11.9. The van der Waals surface area contributed by atoms with Gasteiger partial charge in [-0.05, 0) is 33.1 Å². The summed E-state index contributed by atoms with van der Waals surface area (Å²) in [6, 6.07) is -0.251. The molecule has 1 aliphatic rings. The first-order chi connectivity index (χ1) is 8.90. The summed E-state index contributed by atoms with van der Waals surface area (Å²) < 4.78 is 5.44. The topological polar surface area (TPSA) is 78.9 Å². The second-order valence-corrected chi connectivity index (χ2v) is 5.33. The van der Waals surface area contributed by atoms with Crippen LogP contribution in [0.2, 0.25) is 0 Å². The molecule has 0 aliphatic heterocycles. The Labute approximate surface area is 114 Å². The van der Waals surface area contributed by atoms with Crippen LogP contribution in [0.3, 0.4) is 0 Å². The molecule has 6 heteroatoms. The van der Waals surface area contributed by atoms with Gasteiger partial charge in [-0.15, -0.1) is 0 Å². The largest absolute Gasteiger partial charge is 0.481 e. The van der Waals surface area contributed by atoms with Crippen LogP contribution in [0.15, 0.2) is 0 Å². The number of nitrogens with one attached hydrogen (secondary N) is 1. The first kappa shape index (κ1) is 15.8. The highest BCUT2D eigenvalue weighted by Gasteiger charge is 2.37. The summed E-state index contributed by atoms with van der Waals surface area (Å²) in [6.07, 6.45) is 3.00. The molecule has 0 radical (unpaired) electrons. The molecular weight excluding hydrogens is 248 g/mol. The van der Waals surface area contributed by atoms with E-state index in [1.165, 1.54) is 4.90 Å². The molecule has 2 N–H and O–H groups in total. The molecule has 0 unspecified atom stereocenters. The van der Waals surface area contributed by atoms with Crippen molar-refractivity contribution in [2.75, 3.05) is 20.2 Å². The number of hydrogen-bond donors (Lipinski definition) is 2. The summed E-state index contributed by atoms with van der Waals surface area (Å²) in [4.78, 5) is 24.2. The number of methoxy groups -OCH3 is 1. The molecular formula is C13H24N2O4. The SMILES string of the molecule is COC1(CNC(=O)N(CCC(=O)O)C(C)C)CCC1. The average Bonchev–Trinajstić information content (AvgIpc) is 2.27. The highest BCUT2D eigenvalue weighted by atomic mass is 16.5. The summed E-state index contributed by atoms with van der Waals surface area (Å²) in [5.41, 5.74) is -0.217. The molecule has 0 atom stereocenters. The molecule has 1 saturated carbocycles. The van der Waals surface area contributed by atoms with Crippen molar-refractivity contribution in [1.82, 2.24) is 10.2 Å². The van der Waals surface area contributed by atoms with Crippen LogP contribution in [0.5, 0.6) is 0 Å². The smallest absolute Gasteiger partial charge is 0.317 e. The number of ether oxygens (including phenoxy) is 1. The number of carboxylic acid groups (broad SMARTS) is 1. The number of carbonyl (C=O) groups is 2. The lowest BCUT2D eigenvalue weighted by molar-refractivity contribution is -0.137. The number of carbonyl (C=O) groups excluding carboxylic acids is 1. The third-order valence-electron chi connectivity index (χ3n) is 3.71. The van der Waals surface area contributed by atoms with Crippen molar-refractivity contribution in [3.8, 4) is 0 Å². The molecule has 6 nitrogen and oxygen atoms in total. The highest BCUT2D eigenvalue weighted by Crippen LogP contribution is 2.34. The van der Waals surface area contributed by atoms with Crippen molar-refractivity contribution in [3.05, 3.63) is 0 Å². The molecule has 1 aliphatic carbocycles. The Bertz CT molecular complexity index is 321. The molecule has 2 amide bonds. The lowest BCUT2D eigenvalue weighted by Gasteiger charge is -2.41. The zero-order chi connectivity index (χ0) is 14.5. The third-order valence-corrected chi connectivity index (χ3v) is 3.71. The van der Waals surface area contributed by atoms with Crippen molar-refractivity contribution < 1.29 is 19.4 Å². The normalized spacial score (nSPS) is 16.8. The molecule has 0 aromatic rings. The predicted molar refractivity (Wildman–Crippen MR) is 71.1 cm³/mol. The Kier molecular flexibility index (Phi) is 5.60. The fourth-order valence-corrected chi connectivity index (χ4v) is 2.17. The summed E-state index contributed by atoms with van der Waals surface area (Å²) >= 11 is 0. The lowest BCUT2D eigenvalue weighted by Crippen LogP contribution is -2.53. The van der Waals surface area contributed by atoms with E-state index in [1.807, 2.05) is 13.8 Å². The second kappa shape index (κ2) is 6.75. The fourth-order valence-electron chi connectivity index (χ4n) is 2.17. The molecule has 0 heterocycles. The quantitative estimate of drug-likeness (QED) is 0.735. The molecule has 19 heavy (non-hydrogen) atoms. The van der Waals surface area contributed by atoms with Crippen molar-refractivity contribution in [3.63, 3.8) is 0 Å². The number of nitrogens with zero attached hydrogens (tertiary/aromatic N) is 1. The van der Waals surface area contributed by atoms with Gasteiger partial charge in [0.15, 0.2) is 0 Å². The third kappa shape index (κ3) is 4.38. The Hall–Kier alpha value is -1.30. The Morgan fingerprint density at radius 1 is 1.42 bits per heavy atom. The maximum Gasteiger partial charge on any atom is 0.317 e. The van der Waals surface area contributed by atoms with E-state index in [9.17, 15) is 9.59 Å². The lowest BCUT2D eigenvalue weighted by atomic mass is 9.80. The van der Waals surface area contributed by atoms with E-state index in [2.05, 4.69) is 5.32 Å². The van der Waals surface area contributed by atoms with E-state index >= 15 is 0 Å². The average molecular weight is 272 g/mol. The minimum absolute atomic E-state index is 0.0285. The summed E-state index contributed by atoms with van der Waals surface area (Å²) in [7, 11) is 1.66. The van der Waals surface area contributed by atoms with Gasteiger partial charge in [-0.3, -0.25) is 4.79 Å². The van der Waals surface area contributed by atoms with Crippen molar-refractivity contribution in [2.24, 2.45) is 0 Å². The molecule has 0 saturated heterocycles. The number of aliphatic carboxylic acids is 1. The van der Waals surface area contributed by atoms with Crippen LogP contribution in [0.1, 0.15) is 39.5 Å². The van der Waals surface area contributed by atoms with Crippen LogP contribution in [0.25, 0.3) is 0 Å². The van der Waals surface area contributed by atoms with Crippen molar-refractivity contribution in [2.45, 2.75) is 51.2 Å². The second-order valence-electron chi connectivity index (χ2n) is 5.33. The Morgan fingerprint density at radius 2 is 2.05 bits per heavy atom. The van der Waals surface area contributed by atoms with Gasteiger partial charge >= 0.3 is 12.0 Å². The first-order valence-electron chi connectivity index (χ1n) is 6.71. The maximum atomic E-state index is 12.1. The zero-order valence-corrected chi connectivity index (χ0v) is 11.9. The van der Waals surface area contributed by atoms with E-state index in [0.29, 0.717) is 6.54 Å². The molecule has 1 fully saturated rings. The first-order valence-corrected chi connectivity index (χ1v) is 6.71. The van der Waals surface area contributed by atoms with Gasteiger partial charge in [-0.1, -0.05) is 0 Å². The Morgan fingerprint density at radius 3 is 2.42 bits per heavy atom. The van der Waals surface area contributed by atoms with Gasteiger partial charge in [0.25, 0.3) is 0 Å². The van der Waals surface area contributed by atoms with Crippen molar-refractivity contribution >= 4 is 12.0 Å². The van der Waals surface area contributed by atoms with Crippen LogP contribution in [0, 0.1) is 0 Å². The van der Waals surface area contributed by atoms with Crippen LogP contribution in [-0.2, 0) is 9.53 Å². The number of hydrogen-bond acceptors (Lipinski definition) is 3. The number of amides is 2. The number of carboxylic acids is 1. The van der Waals surface area contributed by atoms with Crippen LogP contribution in [0.4, 0.5) is 4.79 Å². The molecule has 0 spiro atoms. The highest BCUT2D eigenvalue weighted by molar-refractivity contribution is 5.75. The molecule has 0 aromatic carbocycles. The minimum atomic E-state index is -0.897. The van der Waals surface area contributed by atoms with Gasteiger partial charge < -0.3 is 20.1 Å². The van der Waals surface area contributed by atoms with Crippen LogP contribution < -0.4 is 5.32 Å². The van der Waals surface area contributed by atoms with Gasteiger partial charge in [-0.2, -0.15) is 0 Å². The van der Waals surface area contributed by atoms with E-state index in [1.54, 1.807) is 7.11 Å². The van der Waals surface area contributed by atoms with Gasteiger partial charge in [0, 0.05) is 26.2 Å². The van der Waals surface area contributed by atoms with E-state index in [4.69, 9.17) is 9.84 Å². The van der Waals surface area contributed by atoms with Gasteiger partial charge in [0.1, 0.15) is 0 Å². The molecule has 1 rings (SSSR count). The molecule has 0 aromatic heterocycles. The predicted octanol–water partition coefficient (Wildman–Crippen LogP) is 1.45. The summed E-state index contributed by atoms with van der Waals surface area (Å²) in [5.74, 6) is -0.897. The van der Waals surface area contributed by atoms with Crippen molar-refractivity contribution in [1.29, 1.82) is 0 Å². The van der Waals surface area contributed by atoms with Crippen LogP contribution >= 0.6 is 0 Å². The van der Waals surface area contributed by atoms with Gasteiger partial charge in [0.05, 0.1) is 12.0 Å². The fraction of sp³-hybridized carbons (Fsp3) is 0.846. The van der Waals surface area contributed by atoms with E-state index < -0.39 is 5.97 Å². The van der Waals surface area contributed by atoms with Gasteiger partial charge in [0.2, 0.25) is 0 Å². The molecule has 110 valence electrons. The number of urea groups is 1. The van der Waals surface area contributed by atoms with E-state index in [-0.39, 0.29) is 30.6 Å². The maximum absolute atomic E-state index is 12.1. The minimum Gasteiger partial charge on any atom is -0.481 e. The van der Waals surface area contributed by atoms with Crippen LogP contribution in [-0.4, -0.2) is 53.8 Å². The molecule has 0 bridgehead atoms. The standard InChI is InChI=1S/C13H24N2O4/c1-10(2)15(8-5-11(16)17)12(18)14-9-13(19-3)6-4-7-13/h10H,4-9H2,1-3H3,(H,14,18)(H,16,17). The summed E-state index contributed by atoms with van der Waals surface area (Å²) in [6.45, 7) is 4.45. The number of rotatable bonds is 7. The Balaban J connectivity index is 2.45. The monoisotopic (exact) mass is 272 g/mol. The summed E-state index contributed by atoms with van der Waals surface area (Å²) in [5, 5.41) is 11.5.